The Morgan fingerprint density at radius 2 is 0.723 bits per heavy atom. The third-order valence-electron chi connectivity index (χ3n) is 6.65. The second-order valence-electron chi connectivity index (χ2n) is 10.1. The number of carbonyl (C=O) groups excluding carboxylic acids is 2. The molecule has 2 aromatic carbocycles. The van der Waals surface area contributed by atoms with Crippen molar-refractivity contribution in [2.45, 2.75) is 89.9 Å². The molecule has 0 radical (unpaired) electrons. The molecule has 2 aromatic rings. The second-order valence-corrected chi connectivity index (χ2v) is 10.1. The largest absolute Gasteiger partial charge is 4.00 e. The van der Waals surface area contributed by atoms with Gasteiger partial charge in [0.2, 0.25) is 0 Å². The van der Waals surface area contributed by atoms with Gasteiger partial charge in [-0.3, -0.25) is 27.2 Å². The quantitative estimate of drug-likeness (QED) is 0.0614. The number of ether oxygens (including phenoxy) is 2. The van der Waals surface area contributed by atoms with Crippen LogP contribution in [0.4, 0.5) is 35.1 Å². The van der Waals surface area contributed by atoms with E-state index < -0.39 is 69.2 Å². The summed E-state index contributed by atoms with van der Waals surface area (Å²) in [5.41, 5.74) is -2.40. The summed E-state index contributed by atoms with van der Waals surface area (Å²) in [5.74, 6) is -15.7. The molecule has 0 amide bonds. The number of Topliss-reactive ketones (excluding diaryl/α,β-unsaturated/α-hetero) is 2. The van der Waals surface area contributed by atoms with Gasteiger partial charge < -0.3 is 24.3 Å². The number of benzene rings is 2. The van der Waals surface area contributed by atoms with E-state index in [1.165, 1.54) is 90.6 Å². The number of ketones is 2. The molecule has 0 saturated heterocycles. The first-order chi connectivity index (χ1) is 21.0. The van der Waals surface area contributed by atoms with Gasteiger partial charge in [-0.2, -0.15) is 0 Å². The first kappa shape index (κ1) is 49.2. The molecule has 4 nitrogen and oxygen atoms in total. The molecule has 0 bridgehead atoms. The standard InChI is InChI=1S/2C11H9F4O2.2C5H10.2CH3.Ti/c2*1-17-4-2-3-8(16)9-10(14)6(12)5-7(13)11(9)15;2*1-2-4-5-3-1;;;/h2*2-4H2,1H3;2*1-5H2;2*1H3;/q2*-1;;;2*-1;+4. The van der Waals surface area contributed by atoms with Crippen LogP contribution < -0.4 is 0 Å². The van der Waals surface area contributed by atoms with Crippen LogP contribution in [0, 0.1) is 73.5 Å². The van der Waals surface area contributed by atoms with Crippen LogP contribution in [0.3, 0.4) is 0 Å². The van der Waals surface area contributed by atoms with Crippen molar-refractivity contribution in [2.75, 3.05) is 27.4 Å². The topological polar surface area (TPSA) is 52.6 Å². The van der Waals surface area contributed by atoms with Gasteiger partial charge in [0.25, 0.3) is 0 Å². The van der Waals surface area contributed by atoms with Crippen LogP contribution >= 0.6 is 0 Å². The average molecular weight is 717 g/mol. The Balaban J connectivity index is -0.000000603. The summed E-state index contributed by atoms with van der Waals surface area (Å²) in [4.78, 5) is 22.8. The van der Waals surface area contributed by atoms with E-state index in [9.17, 15) is 44.7 Å². The minimum atomic E-state index is -1.72. The fourth-order valence-corrected chi connectivity index (χ4v) is 4.31. The van der Waals surface area contributed by atoms with Gasteiger partial charge in [0.1, 0.15) is 11.6 Å². The predicted octanol–water partition coefficient (Wildman–Crippen LogP) is 10.1. The Hall–Kier alpha value is -2.15. The molecule has 0 N–H and O–H groups in total. The van der Waals surface area contributed by atoms with Crippen molar-refractivity contribution in [3.05, 3.63) is 84.7 Å². The summed E-state index contributed by atoms with van der Waals surface area (Å²) >= 11 is 0. The zero-order valence-corrected chi connectivity index (χ0v) is 29.0. The van der Waals surface area contributed by atoms with Crippen molar-refractivity contribution >= 4 is 11.6 Å². The first-order valence-electron chi connectivity index (χ1n) is 14.5. The molecule has 13 heteroatoms. The van der Waals surface area contributed by atoms with Gasteiger partial charge >= 0.3 is 21.7 Å². The molecule has 4 rings (SSSR count). The van der Waals surface area contributed by atoms with Crippen LogP contribution in [-0.4, -0.2) is 39.0 Å². The summed E-state index contributed by atoms with van der Waals surface area (Å²) in [5, 5.41) is 0. The van der Waals surface area contributed by atoms with Crippen LogP contribution in [0.1, 0.15) is 111 Å². The number of methoxy groups -OCH3 is 2. The number of carbonyl (C=O) groups is 2. The van der Waals surface area contributed by atoms with Gasteiger partial charge in [0.05, 0.1) is 23.3 Å². The third-order valence-corrected chi connectivity index (χ3v) is 6.65. The van der Waals surface area contributed by atoms with Crippen molar-refractivity contribution < 1.29 is 75.9 Å². The first-order valence-corrected chi connectivity index (χ1v) is 14.5. The number of hydrogen-bond donors (Lipinski definition) is 0. The Kier molecular flexibility index (Phi) is 29.1. The molecular weight excluding hydrogens is 672 g/mol. The third kappa shape index (κ3) is 17.7. The average Bonchev–Trinajstić information content (AvgIpc) is 3.76. The zero-order chi connectivity index (χ0) is 33.1. The smallest absolute Gasteiger partial charge is 0.385 e. The van der Waals surface area contributed by atoms with Crippen molar-refractivity contribution in [3.8, 4) is 0 Å². The summed E-state index contributed by atoms with van der Waals surface area (Å²) in [6, 6.07) is 2.42. The number of halogens is 8. The maximum Gasteiger partial charge on any atom is 4.00 e. The molecule has 2 fully saturated rings. The molecule has 0 heterocycles. The second kappa shape index (κ2) is 27.8. The molecule has 0 spiro atoms. The molecule has 264 valence electrons. The van der Waals surface area contributed by atoms with Crippen LogP contribution in [0.15, 0.2) is 0 Å². The molecular formula is C34H44F8O4Ti. The Morgan fingerprint density at radius 1 is 0.511 bits per heavy atom. The summed E-state index contributed by atoms with van der Waals surface area (Å²) < 4.78 is 113. The van der Waals surface area contributed by atoms with Gasteiger partial charge in [-0.15, -0.1) is 12.1 Å². The van der Waals surface area contributed by atoms with E-state index >= 15 is 0 Å². The Labute approximate surface area is 288 Å². The van der Waals surface area contributed by atoms with E-state index in [1.54, 1.807) is 0 Å². The van der Waals surface area contributed by atoms with Gasteiger partial charge in [-0.05, 0) is 24.0 Å². The van der Waals surface area contributed by atoms with Gasteiger partial charge in [0, 0.05) is 63.5 Å². The molecule has 0 aliphatic heterocycles. The fraction of sp³-hybridized carbons (Fsp3) is 0.529. The van der Waals surface area contributed by atoms with Crippen molar-refractivity contribution in [1.82, 2.24) is 0 Å². The monoisotopic (exact) mass is 716 g/mol. The molecule has 0 aromatic heterocycles. The van der Waals surface area contributed by atoms with E-state index in [0.717, 1.165) is 0 Å². The van der Waals surface area contributed by atoms with E-state index in [4.69, 9.17) is 0 Å². The summed E-state index contributed by atoms with van der Waals surface area (Å²) in [6.45, 7) is 0.414. The van der Waals surface area contributed by atoms with Crippen LogP contribution in [0.2, 0.25) is 0 Å². The minimum absolute atomic E-state index is 0. The van der Waals surface area contributed by atoms with E-state index in [1.807, 2.05) is 0 Å². The van der Waals surface area contributed by atoms with Crippen molar-refractivity contribution in [1.29, 1.82) is 0 Å². The van der Waals surface area contributed by atoms with Crippen LogP contribution in [0.5, 0.6) is 0 Å². The molecule has 2 saturated carbocycles. The van der Waals surface area contributed by atoms with Gasteiger partial charge in [-0.1, -0.05) is 64.2 Å². The predicted molar refractivity (Wildman–Crippen MR) is 160 cm³/mol. The molecule has 47 heavy (non-hydrogen) atoms. The number of rotatable bonds is 10. The Morgan fingerprint density at radius 3 is 0.915 bits per heavy atom. The fourth-order valence-electron chi connectivity index (χ4n) is 4.31. The maximum atomic E-state index is 13.1. The van der Waals surface area contributed by atoms with Crippen molar-refractivity contribution in [3.63, 3.8) is 0 Å². The SMILES string of the molecule is C1CCCC1.C1CCCC1.COCCCC(=O)c1c(F)c(F)[c-]c(F)c1F.COCCCC(=O)c1c(F)c(F)[c-]c(F)c1F.[CH3-].[CH3-].[Ti+4]. The Bertz CT molecular complexity index is 1030. The molecule has 2 aliphatic carbocycles. The number of hydrogen-bond acceptors (Lipinski definition) is 4. The van der Waals surface area contributed by atoms with Crippen LogP contribution in [0.25, 0.3) is 0 Å². The molecule has 0 atom stereocenters. The normalized spacial score (nSPS) is 12.8. The van der Waals surface area contributed by atoms with E-state index in [-0.39, 0.29) is 75.5 Å². The molecule has 0 unspecified atom stereocenters. The molecule has 2 aliphatic rings. The van der Waals surface area contributed by atoms with Gasteiger partial charge in [-0.25, -0.2) is 17.6 Å². The summed E-state index contributed by atoms with van der Waals surface area (Å²) in [7, 11) is 2.78. The maximum absolute atomic E-state index is 13.1. The van der Waals surface area contributed by atoms with Gasteiger partial charge in [0.15, 0.2) is 0 Å². The van der Waals surface area contributed by atoms with Crippen molar-refractivity contribution in [2.24, 2.45) is 0 Å². The minimum Gasteiger partial charge on any atom is -0.385 e. The van der Waals surface area contributed by atoms with E-state index in [2.05, 4.69) is 9.47 Å². The zero-order valence-electron chi connectivity index (χ0n) is 27.5. The van der Waals surface area contributed by atoms with Crippen LogP contribution in [-0.2, 0) is 31.2 Å². The van der Waals surface area contributed by atoms with E-state index in [0.29, 0.717) is 0 Å². The summed E-state index contributed by atoms with van der Waals surface area (Å²) in [6.07, 6.45) is 14.9.